The molecule has 4 rings (SSSR count). The molecule has 6 nitrogen and oxygen atoms in total. The van der Waals surface area contributed by atoms with E-state index in [4.69, 9.17) is 32.4 Å². The third-order valence-corrected chi connectivity index (χ3v) is 5.64. The van der Waals surface area contributed by atoms with Crippen molar-refractivity contribution in [3.63, 3.8) is 0 Å². The number of carbonyl (C=O) groups excluding carboxylic acids is 1. The Morgan fingerprint density at radius 3 is 2.61 bits per heavy atom. The Morgan fingerprint density at radius 1 is 1.12 bits per heavy atom. The van der Waals surface area contributed by atoms with Gasteiger partial charge in [-0.1, -0.05) is 29.3 Å². The number of aromatic nitrogens is 2. The average molecular weight is 488 g/mol. The summed E-state index contributed by atoms with van der Waals surface area (Å²) in [6.07, 6.45) is 0. The summed E-state index contributed by atoms with van der Waals surface area (Å²) < 4.78 is 26.3. The quantitative estimate of drug-likeness (QED) is 0.326. The first-order valence-corrected chi connectivity index (χ1v) is 10.8. The summed E-state index contributed by atoms with van der Waals surface area (Å²) in [5.74, 6) is 0.490. The fourth-order valence-electron chi connectivity index (χ4n) is 3.28. The van der Waals surface area contributed by atoms with Crippen LogP contribution in [0.1, 0.15) is 33.3 Å². The number of hydrogen-bond donors (Lipinski definition) is 1. The number of ether oxygens (including phenoxy) is 1. The number of halogens is 3. The van der Waals surface area contributed by atoms with Gasteiger partial charge < -0.3 is 14.5 Å². The summed E-state index contributed by atoms with van der Waals surface area (Å²) in [5, 5.41) is 8.27. The van der Waals surface area contributed by atoms with E-state index in [-0.39, 0.29) is 12.4 Å². The summed E-state index contributed by atoms with van der Waals surface area (Å²) in [5.41, 5.74) is 2.67. The maximum atomic E-state index is 13.3. The van der Waals surface area contributed by atoms with E-state index in [0.717, 1.165) is 11.3 Å². The molecule has 2 aromatic heterocycles. The molecule has 170 valence electrons. The molecule has 0 saturated carbocycles. The van der Waals surface area contributed by atoms with Crippen LogP contribution in [0.2, 0.25) is 10.0 Å². The first-order valence-electron chi connectivity index (χ1n) is 10.1. The second-order valence-corrected chi connectivity index (χ2v) is 8.25. The van der Waals surface area contributed by atoms with Crippen molar-refractivity contribution in [3.8, 4) is 5.75 Å². The Balaban J connectivity index is 1.42. The van der Waals surface area contributed by atoms with E-state index in [9.17, 15) is 9.18 Å². The molecule has 0 aliphatic carbocycles. The van der Waals surface area contributed by atoms with E-state index < -0.39 is 11.7 Å². The number of amides is 1. The van der Waals surface area contributed by atoms with Crippen LogP contribution in [0.4, 0.5) is 10.1 Å². The lowest BCUT2D eigenvalue weighted by Crippen LogP contribution is -2.12. The summed E-state index contributed by atoms with van der Waals surface area (Å²) in [7, 11) is 0. The van der Waals surface area contributed by atoms with Crippen molar-refractivity contribution >= 4 is 34.8 Å². The minimum absolute atomic E-state index is 0.151. The van der Waals surface area contributed by atoms with Gasteiger partial charge in [0, 0.05) is 10.0 Å². The van der Waals surface area contributed by atoms with Crippen LogP contribution in [0, 0.1) is 19.7 Å². The Bertz CT molecular complexity index is 1300. The fourth-order valence-corrected chi connectivity index (χ4v) is 3.63. The Hall–Kier alpha value is -3.29. The highest BCUT2D eigenvalue weighted by Gasteiger charge is 2.18. The summed E-state index contributed by atoms with van der Waals surface area (Å²) >= 11 is 12.0. The highest BCUT2D eigenvalue weighted by molar-refractivity contribution is 6.31. The largest absolute Gasteiger partial charge is 0.486 e. The number of nitrogens with one attached hydrogen (secondary N) is 1. The smallest absolute Gasteiger partial charge is 0.291 e. The summed E-state index contributed by atoms with van der Waals surface area (Å²) in [6.45, 7) is 4.14. The van der Waals surface area contributed by atoms with Gasteiger partial charge >= 0.3 is 0 Å². The van der Waals surface area contributed by atoms with Gasteiger partial charge in [0.25, 0.3) is 5.91 Å². The SMILES string of the molecule is Cc1nn(Cc2ccc(F)cc2Cl)c(C)c1NC(=O)c1ccc(COc2ccc(Cl)cc2)o1. The lowest BCUT2D eigenvalue weighted by molar-refractivity contribution is 0.0992. The van der Waals surface area contributed by atoms with Crippen molar-refractivity contribution in [2.24, 2.45) is 0 Å². The molecule has 9 heteroatoms. The van der Waals surface area contributed by atoms with E-state index >= 15 is 0 Å². The van der Waals surface area contributed by atoms with Gasteiger partial charge in [0.05, 0.1) is 23.6 Å². The molecule has 0 unspecified atom stereocenters. The van der Waals surface area contributed by atoms with Crippen LogP contribution >= 0.6 is 23.2 Å². The van der Waals surface area contributed by atoms with Crippen molar-refractivity contribution in [3.05, 3.63) is 98.9 Å². The average Bonchev–Trinajstić information content (AvgIpc) is 3.36. The molecule has 1 amide bonds. The van der Waals surface area contributed by atoms with Gasteiger partial charge in [-0.3, -0.25) is 9.48 Å². The lowest BCUT2D eigenvalue weighted by Gasteiger charge is -2.08. The monoisotopic (exact) mass is 487 g/mol. The Morgan fingerprint density at radius 2 is 1.88 bits per heavy atom. The zero-order valence-electron chi connectivity index (χ0n) is 17.9. The summed E-state index contributed by atoms with van der Waals surface area (Å²) in [4.78, 5) is 12.7. The fraction of sp³-hybridized carbons (Fsp3) is 0.167. The molecule has 33 heavy (non-hydrogen) atoms. The topological polar surface area (TPSA) is 69.3 Å². The second-order valence-electron chi connectivity index (χ2n) is 7.40. The van der Waals surface area contributed by atoms with E-state index in [0.29, 0.717) is 39.5 Å². The van der Waals surface area contributed by atoms with Crippen LogP contribution in [0.5, 0.6) is 5.75 Å². The Kier molecular flexibility index (Phi) is 6.72. The number of carbonyl (C=O) groups is 1. The lowest BCUT2D eigenvalue weighted by atomic mass is 10.2. The molecule has 0 atom stereocenters. The molecule has 0 aliphatic heterocycles. The molecule has 4 aromatic rings. The molecular formula is C24H20Cl2FN3O3. The minimum Gasteiger partial charge on any atom is -0.486 e. The first kappa shape index (κ1) is 22.9. The van der Waals surface area contributed by atoms with Gasteiger partial charge in [-0.15, -0.1) is 0 Å². The van der Waals surface area contributed by atoms with Gasteiger partial charge in [0.15, 0.2) is 5.76 Å². The van der Waals surface area contributed by atoms with E-state index in [1.165, 1.54) is 12.1 Å². The van der Waals surface area contributed by atoms with Gasteiger partial charge in [-0.05, 0) is 67.9 Å². The van der Waals surface area contributed by atoms with Gasteiger partial charge in [0.2, 0.25) is 0 Å². The Labute approximate surface area is 199 Å². The number of anilines is 1. The van der Waals surface area contributed by atoms with E-state index in [1.807, 2.05) is 6.92 Å². The van der Waals surface area contributed by atoms with Crippen LogP contribution in [-0.4, -0.2) is 15.7 Å². The van der Waals surface area contributed by atoms with Gasteiger partial charge in [-0.25, -0.2) is 4.39 Å². The molecule has 2 heterocycles. The van der Waals surface area contributed by atoms with E-state index in [1.54, 1.807) is 54.1 Å². The number of nitrogens with zero attached hydrogens (tertiary/aromatic N) is 2. The molecule has 1 N–H and O–H groups in total. The second kappa shape index (κ2) is 9.68. The van der Waals surface area contributed by atoms with Crippen molar-refractivity contribution in [2.75, 3.05) is 5.32 Å². The minimum atomic E-state index is -0.404. The zero-order valence-corrected chi connectivity index (χ0v) is 19.4. The van der Waals surface area contributed by atoms with Gasteiger partial charge in [-0.2, -0.15) is 5.10 Å². The molecule has 0 spiro atoms. The predicted molar refractivity (Wildman–Crippen MR) is 125 cm³/mol. The predicted octanol–water partition coefficient (Wildman–Crippen LogP) is 6.42. The molecule has 2 aromatic carbocycles. The summed E-state index contributed by atoms with van der Waals surface area (Å²) in [6, 6.07) is 14.5. The zero-order chi connectivity index (χ0) is 23.5. The van der Waals surface area contributed by atoms with Crippen LogP contribution in [0.15, 0.2) is 59.0 Å². The molecule has 0 aliphatic rings. The van der Waals surface area contributed by atoms with Crippen LogP contribution < -0.4 is 10.1 Å². The highest BCUT2D eigenvalue weighted by Crippen LogP contribution is 2.24. The van der Waals surface area contributed by atoms with Crippen molar-refractivity contribution in [2.45, 2.75) is 27.0 Å². The molecule has 0 saturated heterocycles. The third-order valence-electron chi connectivity index (χ3n) is 5.04. The number of furan rings is 1. The number of hydrogen-bond acceptors (Lipinski definition) is 4. The maximum absolute atomic E-state index is 13.3. The standard InChI is InChI=1S/C24H20Cl2FN3O3/c1-14-23(15(2)30(29-14)12-16-3-6-18(27)11-21(16)26)28-24(31)22-10-9-20(33-22)13-32-19-7-4-17(25)5-8-19/h3-11H,12-13H2,1-2H3,(H,28,31). The van der Waals surface area contributed by atoms with Crippen molar-refractivity contribution in [1.82, 2.24) is 9.78 Å². The van der Waals surface area contributed by atoms with Crippen LogP contribution in [-0.2, 0) is 13.2 Å². The number of rotatable bonds is 7. The van der Waals surface area contributed by atoms with Crippen molar-refractivity contribution in [1.29, 1.82) is 0 Å². The normalized spacial score (nSPS) is 10.9. The molecular weight excluding hydrogens is 468 g/mol. The number of aryl methyl sites for hydroxylation is 1. The molecule has 0 bridgehead atoms. The highest BCUT2D eigenvalue weighted by atomic mass is 35.5. The third kappa shape index (κ3) is 5.38. The molecule has 0 radical (unpaired) electrons. The van der Waals surface area contributed by atoms with Crippen molar-refractivity contribution < 1.29 is 18.3 Å². The number of benzene rings is 2. The van der Waals surface area contributed by atoms with Crippen LogP contribution in [0.3, 0.4) is 0 Å². The maximum Gasteiger partial charge on any atom is 0.291 e. The van der Waals surface area contributed by atoms with E-state index in [2.05, 4.69) is 10.4 Å². The molecule has 0 fully saturated rings. The van der Waals surface area contributed by atoms with Crippen LogP contribution in [0.25, 0.3) is 0 Å². The first-order chi connectivity index (χ1) is 15.8. The van der Waals surface area contributed by atoms with Gasteiger partial charge in [0.1, 0.15) is 23.9 Å².